The summed E-state index contributed by atoms with van der Waals surface area (Å²) in [6, 6.07) is 9.50. The number of rotatable bonds is 22. The minimum Gasteiger partial charge on any atom is -0.379 e. The van der Waals surface area contributed by atoms with Crippen molar-refractivity contribution >= 4 is 29.2 Å². The van der Waals surface area contributed by atoms with Crippen LogP contribution in [-0.4, -0.2) is 105 Å². The first-order valence-electron chi connectivity index (χ1n) is 21.5. The topological polar surface area (TPSA) is 155 Å². The van der Waals surface area contributed by atoms with E-state index in [0.717, 1.165) is 44.1 Å². The zero-order valence-corrected chi connectivity index (χ0v) is 35.6. The molecule has 1 saturated carbocycles. The number of aromatic amines is 1. The van der Waals surface area contributed by atoms with Crippen LogP contribution in [-0.2, 0) is 41.6 Å². The maximum absolute atomic E-state index is 14.3. The van der Waals surface area contributed by atoms with Gasteiger partial charge in [0.1, 0.15) is 23.7 Å². The van der Waals surface area contributed by atoms with Crippen molar-refractivity contribution in [1.29, 1.82) is 0 Å². The number of likely N-dealkylation sites (N-methyl/N-ethyl adjacent to an activating group) is 1. The van der Waals surface area contributed by atoms with Crippen LogP contribution >= 0.6 is 0 Å². The van der Waals surface area contributed by atoms with Gasteiger partial charge in [-0.15, -0.1) is 0 Å². The lowest BCUT2D eigenvalue weighted by molar-refractivity contribution is -0.148. The van der Waals surface area contributed by atoms with Gasteiger partial charge in [0, 0.05) is 63.4 Å². The quantitative estimate of drug-likeness (QED) is 0.154. The molecule has 0 unspecified atom stereocenters. The molecule has 11 atom stereocenters. The van der Waals surface area contributed by atoms with Gasteiger partial charge in [-0.25, -0.2) is 4.98 Å². The molecular formula is C45H68N6O6. The minimum atomic E-state index is -0.554. The first-order chi connectivity index (χ1) is 27.2. The fourth-order valence-corrected chi connectivity index (χ4v) is 9.98. The van der Waals surface area contributed by atoms with Crippen LogP contribution in [0.25, 0.3) is 0 Å². The lowest BCUT2D eigenvalue weighted by Gasteiger charge is -2.41. The molecule has 2 bridgehead atoms. The van der Waals surface area contributed by atoms with Crippen LogP contribution in [0.4, 0.5) is 0 Å². The van der Waals surface area contributed by atoms with E-state index in [1.54, 1.807) is 19.1 Å². The number of hydrogen-bond acceptors (Lipinski definition) is 9. The van der Waals surface area contributed by atoms with Crippen molar-refractivity contribution in [2.75, 3.05) is 20.7 Å². The lowest BCUT2D eigenvalue weighted by Crippen LogP contribution is -2.53. The van der Waals surface area contributed by atoms with Crippen LogP contribution < -0.4 is 5.32 Å². The van der Waals surface area contributed by atoms with Crippen LogP contribution in [0.5, 0.6) is 0 Å². The molecule has 2 saturated heterocycles. The number of amides is 2. The molecule has 1 aliphatic carbocycles. The Morgan fingerprint density at radius 1 is 0.965 bits per heavy atom. The van der Waals surface area contributed by atoms with Gasteiger partial charge in [0.05, 0.1) is 31.0 Å². The van der Waals surface area contributed by atoms with Crippen molar-refractivity contribution in [3.63, 3.8) is 0 Å². The number of likely N-dealkylation sites (tertiary alicyclic amines) is 1. The Hall–Kier alpha value is -3.77. The molecule has 2 N–H and O–H groups in total. The SMILES string of the molecule is CC[C@H](C)[C@@H]([C@@H](CC(=O)N1CCC[C@H]1[C@H](C)[C@@H](C)C(=O)C[C@@H](Cc1ccccc1)C(=O)Cc1ncn[nH]1)OC)N(C)C(=O)[C@@H](CC(=O)[C@H]1N[C@@H]2CC[C@H]1C2)C(C)C. The fraction of sp³-hybridized carbons (Fsp3) is 0.711. The van der Waals surface area contributed by atoms with Gasteiger partial charge >= 0.3 is 0 Å². The molecule has 12 nitrogen and oxygen atoms in total. The molecule has 5 rings (SSSR count). The van der Waals surface area contributed by atoms with E-state index in [2.05, 4.69) is 34.3 Å². The van der Waals surface area contributed by atoms with Crippen LogP contribution in [0.1, 0.15) is 111 Å². The number of fused-ring (bicyclic) bond motifs is 2. The number of piperidine rings is 1. The van der Waals surface area contributed by atoms with Crippen LogP contribution in [0.15, 0.2) is 36.7 Å². The number of hydrogen-bond donors (Lipinski definition) is 2. The predicted octanol–water partition coefficient (Wildman–Crippen LogP) is 5.65. The highest BCUT2D eigenvalue weighted by atomic mass is 16.5. The summed E-state index contributed by atoms with van der Waals surface area (Å²) in [6.45, 7) is 12.8. The van der Waals surface area contributed by atoms with Crippen LogP contribution in [0, 0.1) is 41.4 Å². The average Bonchev–Trinajstić information content (AvgIpc) is 4.05. The lowest BCUT2D eigenvalue weighted by atomic mass is 9.79. The number of ether oxygens (including phenoxy) is 1. The van der Waals surface area contributed by atoms with Crippen molar-refractivity contribution in [2.24, 2.45) is 41.4 Å². The number of benzene rings is 1. The third kappa shape index (κ3) is 10.8. The largest absolute Gasteiger partial charge is 0.379 e. The summed E-state index contributed by atoms with van der Waals surface area (Å²) in [5, 5.41) is 10.1. The number of carbonyl (C=O) groups is 5. The van der Waals surface area contributed by atoms with E-state index < -0.39 is 17.9 Å². The molecule has 2 amide bonds. The molecule has 1 aromatic carbocycles. The van der Waals surface area contributed by atoms with Crippen molar-refractivity contribution in [2.45, 2.75) is 142 Å². The Kier molecular flexibility index (Phi) is 15.8. The van der Waals surface area contributed by atoms with E-state index in [0.29, 0.717) is 30.7 Å². The average molecular weight is 789 g/mol. The summed E-state index contributed by atoms with van der Waals surface area (Å²) in [5.41, 5.74) is 0.992. The van der Waals surface area contributed by atoms with Gasteiger partial charge in [0.25, 0.3) is 0 Å². The fourth-order valence-electron chi connectivity index (χ4n) is 9.98. The van der Waals surface area contributed by atoms with Crippen molar-refractivity contribution in [3.05, 3.63) is 48.0 Å². The predicted molar refractivity (Wildman–Crippen MR) is 219 cm³/mol. The molecule has 3 fully saturated rings. The third-order valence-electron chi connectivity index (χ3n) is 13.9. The second-order valence-corrected chi connectivity index (χ2v) is 17.8. The van der Waals surface area contributed by atoms with Gasteiger partial charge in [0.2, 0.25) is 11.8 Å². The Morgan fingerprint density at radius 2 is 1.70 bits per heavy atom. The number of carbonyl (C=O) groups excluding carboxylic acids is 5. The number of Topliss-reactive ketones (excluding diaryl/α,β-unsaturated/α-hetero) is 3. The van der Waals surface area contributed by atoms with Gasteiger partial charge in [0.15, 0.2) is 5.78 Å². The molecule has 57 heavy (non-hydrogen) atoms. The first-order valence-corrected chi connectivity index (χ1v) is 21.5. The Bertz CT molecular complexity index is 1650. The van der Waals surface area contributed by atoms with Gasteiger partial charge in [-0.2, -0.15) is 5.10 Å². The zero-order valence-electron chi connectivity index (χ0n) is 35.6. The molecule has 314 valence electrons. The minimum absolute atomic E-state index is 0.00907. The van der Waals surface area contributed by atoms with Gasteiger partial charge in [-0.3, -0.25) is 29.1 Å². The smallest absolute Gasteiger partial charge is 0.226 e. The second kappa shape index (κ2) is 20.3. The number of nitrogens with zero attached hydrogens (tertiary/aromatic N) is 4. The van der Waals surface area contributed by atoms with Gasteiger partial charge in [-0.1, -0.05) is 78.3 Å². The van der Waals surface area contributed by atoms with Crippen molar-refractivity contribution in [3.8, 4) is 0 Å². The highest BCUT2D eigenvalue weighted by molar-refractivity contribution is 5.91. The second-order valence-electron chi connectivity index (χ2n) is 17.8. The molecule has 3 aliphatic rings. The molecular weight excluding hydrogens is 721 g/mol. The molecule has 1 aromatic heterocycles. The van der Waals surface area contributed by atoms with E-state index in [9.17, 15) is 24.0 Å². The number of methoxy groups -OCH3 is 1. The molecule has 2 aromatic rings. The van der Waals surface area contributed by atoms with Gasteiger partial charge in [-0.05, 0) is 67.8 Å². The molecule has 3 heterocycles. The summed E-state index contributed by atoms with van der Waals surface area (Å²) in [4.78, 5) is 77.5. The van der Waals surface area contributed by atoms with Crippen molar-refractivity contribution < 1.29 is 28.7 Å². The number of ketones is 3. The first kappa shape index (κ1) is 44.3. The van der Waals surface area contributed by atoms with E-state index in [4.69, 9.17) is 4.74 Å². The molecule has 0 spiro atoms. The summed E-state index contributed by atoms with van der Waals surface area (Å²) in [7, 11) is 3.41. The summed E-state index contributed by atoms with van der Waals surface area (Å²) >= 11 is 0. The van der Waals surface area contributed by atoms with Gasteiger partial charge < -0.3 is 19.9 Å². The van der Waals surface area contributed by atoms with Crippen LogP contribution in [0.2, 0.25) is 0 Å². The maximum atomic E-state index is 14.3. The molecule has 12 heteroatoms. The zero-order chi connectivity index (χ0) is 41.4. The van der Waals surface area contributed by atoms with E-state index >= 15 is 0 Å². The summed E-state index contributed by atoms with van der Waals surface area (Å²) in [5.74, 6) is -0.667. The Balaban J connectivity index is 1.24. The maximum Gasteiger partial charge on any atom is 0.226 e. The number of aromatic nitrogens is 3. The monoisotopic (exact) mass is 789 g/mol. The number of H-pyrrole nitrogens is 1. The highest BCUT2D eigenvalue weighted by Gasteiger charge is 2.45. The van der Waals surface area contributed by atoms with E-state index in [-0.39, 0.29) is 96.6 Å². The Labute approximate surface area is 340 Å². The van der Waals surface area contributed by atoms with Crippen molar-refractivity contribution in [1.82, 2.24) is 30.3 Å². The molecule has 2 aliphatic heterocycles. The highest BCUT2D eigenvalue weighted by Crippen LogP contribution is 2.37. The summed E-state index contributed by atoms with van der Waals surface area (Å²) in [6.07, 6.45) is 7.41. The summed E-state index contributed by atoms with van der Waals surface area (Å²) < 4.78 is 6.09. The third-order valence-corrected chi connectivity index (χ3v) is 13.9. The van der Waals surface area contributed by atoms with E-state index in [1.807, 2.05) is 62.9 Å². The Morgan fingerprint density at radius 3 is 2.30 bits per heavy atom. The standard InChI is InChI=1S/C45H68N6O6/c1-9-28(4)44(50(7)45(56)35(27(2)3)23-39(54)43-32-17-18-34(21-32)48-43)40(57-8)25-42(55)51-19-13-16-36(51)29(5)30(6)37(52)22-33(20-31-14-11-10-12-15-31)38(53)24-41-46-26-47-49-41/h10-12,14-15,26-30,32-36,40,43-44,48H,9,13,16-25H2,1-8H3,(H,46,47,49)/t28-,29+,30+,32-,33+,34+,35-,36-,40+,43-,44-/m0/s1. The molecule has 0 radical (unpaired) electrons. The van der Waals surface area contributed by atoms with Crippen LogP contribution in [0.3, 0.4) is 0 Å². The number of nitrogens with one attached hydrogen (secondary N) is 2. The van der Waals surface area contributed by atoms with E-state index in [1.165, 1.54) is 6.33 Å². The normalized spacial score (nSPS) is 24.1.